The smallest absolute Gasteiger partial charge is 0.413 e. The maximum absolute atomic E-state index is 8.88. The second-order valence-corrected chi connectivity index (χ2v) is 6.80. The topological polar surface area (TPSA) is 88.4 Å². The third kappa shape index (κ3) is 6.79. The number of hydrogen-bond donors (Lipinski definition) is 3. The molecule has 0 aromatic carbocycles. The Morgan fingerprint density at radius 2 is 1.55 bits per heavy atom. The molecule has 68 valence electrons. The molecule has 0 aromatic rings. The van der Waals surface area contributed by atoms with Gasteiger partial charge in [-0.1, -0.05) is 0 Å². The van der Waals surface area contributed by atoms with Crippen LogP contribution >= 0.6 is 0 Å². The first-order chi connectivity index (χ1) is 5.06. The zero-order chi connectivity index (χ0) is 8.85. The molecule has 3 unspecified atom stereocenters. The van der Waals surface area contributed by atoms with Gasteiger partial charge in [0.1, 0.15) is 0 Å². The average Bonchev–Trinajstić information content (AvgIpc) is 1.85. The molecule has 3 atom stereocenters. The van der Waals surface area contributed by atoms with E-state index >= 15 is 0 Å². The van der Waals surface area contributed by atoms with E-state index < -0.39 is 28.3 Å². The van der Waals surface area contributed by atoms with Crippen LogP contribution in [0.4, 0.5) is 0 Å². The molecule has 0 aliphatic heterocycles. The van der Waals surface area contributed by atoms with E-state index in [0.717, 1.165) is 0 Å². The first-order valence-corrected chi connectivity index (χ1v) is 8.00. The van der Waals surface area contributed by atoms with E-state index in [-0.39, 0.29) is 0 Å². The van der Waals surface area contributed by atoms with Crippen LogP contribution in [-0.2, 0) is 12.7 Å². The summed E-state index contributed by atoms with van der Waals surface area (Å²) in [7, 11) is -6.52. The lowest BCUT2D eigenvalue weighted by atomic mass is 11.8. The highest BCUT2D eigenvalue weighted by Crippen LogP contribution is 1.90. The van der Waals surface area contributed by atoms with Crippen LogP contribution in [0.5, 0.6) is 0 Å². The van der Waals surface area contributed by atoms with E-state index in [0.29, 0.717) is 0 Å². The van der Waals surface area contributed by atoms with Crippen molar-refractivity contribution in [3.05, 3.63) is 0 Å². The second kappa shape index (κ2) is 5.99. The van der Waals surface area contributed by atoms with Crippen molar-refractivity contribution in [2.45, 2.75) is 6.55 Å². The van der Waals surface area contributed by atoms with Gasteiger partial charge in [-0.05, 0) is 6.55 Å². The van der Waals surface area contributed by atoms with Crippen molar-refractivity contribution < 1.29 is 27.0 Å². The summed E-state index contributed by atoms with van der Waals surface area (Å²) in [5, 5.41) is 0. The number of hydrogen-bond acceptors (Lipinski definition) is 6. The Balaban J connectivity index is 3.43. The van der Waals surface area contributed by atoms with Crippen LogP contribution in [0.1, 0.15) is 0 Å². The van der Waals surface area contributed by atoms with Crippen molar-refractivity contribution in [3.63, 3.8) is 0 Å². The molecule has 6 nitrogen and oxygen atoms in total. The lowest BCUT2D eigenvalue weighted by Gasteiger charge is -2.13. The van der Waals surface area contributed by atoms with E-state index in [1.165, 1.54) is 13.7 Å². The molecular weight excluding hydrogens is 204 g/mol. The molecule has 0 saturated carbocycles. The largest absolute Gasteiger partial charge is 0.473 e. The third-order valence-electron chi connectivity index (χ3n) is 0.748. The van der Waals surface area contributed by atoms with Crippen LogP contribution in [0.25, 0.3) is 0 Å². The first-order valence-electron chi connectivity index (χ1n) is 2.94. The van der Waals surface area contributed by atoms with Gasteiger partial charge in [-0.3, -0.25) is 0 Å². The van der Waals surface area contributed by atoms with Gasteiger partial charge in [-0.2, -0.15) is 0 Å². The zero-order valence-electron chi connectivity index (χ0n) is 6.30. The third-order valence-corrected chi connectivity index (χ3v) is 5.52. The van der Waals surface area contributed by atoms with Crippen molar-refractivity contribution in [1.29, 1.82) is 0 Å². The summed E-state index contributed by atoms with van der Waals surface area (Å²) in [5.41, 5.74) is 0. The minimum Gasteiger partial charge on any atom is -0.413 e. The summed E-state index contributed by atoms with van der Waals surface area (Å²) in [5.74, 6) is 0. The highest BCUT2D eigenvalue weighted by molar-refractivity contribution is 6.58. The zero-order valence-corrected chi connectivity index (χ0v) is 9.76. The van der Waals surface area contributed by atoms with Crippen molar-refractivity contribution in [2.75, 3.05) is 7.11 Å². The lowest BCUT2D eigenvalue weighted by molar-refractivity contribution is 0.186. The molecule has 0 fully saturated rings. The number of rotatable bonds is 5. The van der Waals surface area contributed by atoms with Crippen molar-refractivity contribution >= 4 is 28.3 Å². The van der Waals surface area contributed by atoms with Crippen LogP contribution in [0, 0.1) is 0 Å². The van der Waals surface area contributed by atoms with E-state index in [1.807, 2.05) is 0 Å². The Labute approximate surface area is 69.7 Å². The molecule has 0 radical (unpaired) electrons. The molecule has 0 bridgehead atoms. The summed E-state index contributed by atoms with van der Waals surface area (Å²) in [4.78, 5) is 26.4. The molecule has 0 aliphatic rings. The van der Waals surface area contributed by atoms with Crippen molar-refractivity contribution in [2.24, 2.45) is 0 Å². The van der Waals surface area contributed by atoms with Crippen LogP contribution in [-0.4, -0.2) is 49.8 Å². The molecule has 9 heteroatoms. The minimum atomic E-state index is -2.84. The fourth-order valence-electron chi connectivity index (χ4n) is 0.356. The molecule has 0 spiro atoms. The molecule has 0 aliphatic carbocycles. The van der Waals surface area contributed by atoms with Crippen LogP contribution < -0.4 is 0 Å². The maximum atomic E-state index is 8.88. The van der Waals surface area contributed by atoms with Gasteiger partial charge in [-0.15, -0.1) is 0 Å². The summed E-state index contributed by atoms with van der Waals surface area (Å²) in [6, 6.07) is 0. The Morgan fingerprint density at radius 1 is 1.00 bits per heavy atom. The Bertz CT molecular complexity index is 99.8. The molecule has 0 aromatic heterocycles. The standard InChI is InChI=1S/C2H12O6Si3/c1-6-10(4)8-11(5)7-9(2)3/h3-5,9-11H,1-2H3. The predicted molar refractivity (Wildman–Crippen MR) is 43.1 cm³/mol. The van der Waals surface area contributed by atoms with E-state index in [1.54, 1.807) is 0 Å². The first kappa shape index (κ1) is 11.4. The van der Waals surface area contributed by atoms with Gasteiger partial charge >= 0.3 is 28.3 Å². The molecular formula is C2H12O6Si3. The Kier molecular flexibility index (Phi) is 6.21. The van der Waals surface area contributed by atoms with Crippen molar-refractivity contribution in [1.82, 2.24) is 0 Å². The van der Waals surface area contributed by atoms with Gasteiger partial charge in [-0.25, -0.2) is 0 Å². The highest BCUT2D eigenvalue weighted by atomic mass is 28.4. The SMILES string of the molecule is CO[SiH](O)O[SiH](O)O[SiH](C)O. The molecule has 0 amide bonds. The summed E-state index contributed by atoms with van der Waals surface area (Å²) in [6.07, 6.45) is 0. The van der Waals surface area contributed by atoms with E-state index in [9.17, 15) is 0 Å². The normalized spacial score (nSPS) is 19.4. The summed E-state index contributed by atoms with van der Waals surface area (Å²) in [6.45, 7) is 1.47. The Hall–Kier alpha value is 0.411. The summed E-state index contributed by atoms with van der Waals surface area (Å²) >= 11 is 0. The maximum Gasteiger partial charge on any atom is 0.473 e. The van der Waals surface area contributed by atoms with E-state index in [4.69, 9.17) is 14.4 Å². The average molecular weight is 216 g/mol. The van der Waals surface area contributed by atoms with Crippen molar-refractivity contribution in [3.8, 4) is 0 Å². The van der Waals surface area contributed by atoms with Crippen LogP contribution in [0.2, 0.25) is 6.55 Å². The monoisotopic (exact) mass is 216 g/mol. The van der Waals surface area contributed by atoms with Gasteiger partial charge < -0.3 is 27.0 Å². The van der Waals surface area contributed by atoms with Gasteiger partial charge in [0.05, 0.1) is 0 Å². The summed E-state index contributed by atoms with van der Waals surface area (Å²) < 4.78 is 13.5. The van der Waals surface area contributed by atoms with Crippen LogP contribution in [0.3, 0.4) is 0 Å². The lowest BCUT2D eigenvalue weighted by Crippen LogP contribution is -2.37. The highest BCUT2D eigenvalue weighted by Gasteiger charge is 2.19. The van der Waals surface area contributed by atoms with Gasteiger partial charge in [0.2, 0.25) is 0 Å². The molecule has 11 heavy (non-hydrogen) atoms. The Morgan fingerprint density at radius 3 is 1.91 bits per heavy atom. The van der Waals surface area contributed by atoms with Crippen LogP contribution in [0.15, 0.2) is 0 Å². The quantitative estimate of drug-likeness (QED) is 0.423. The molecule has 0 rings (SSSR count). The minimum absolute atomic E-state index is 1.28. The molecule has 3 N–H and O–H groups in total. The van der Waals surface area contributed by atoms with Gasteiger partial charge in [0.15, 0.2) is 0 Å². The molecule has 0 heterocycles. The van der Waals surface area contributed by atoms with E-state index in [2.05, 4.69) is 12.7 Å². The van der Waals surface area contributed by atoms with Gasteiger partial charge in [0, 0.05) is 7.11 Å². The van der Waals surface area contributed by atoms with Gasteiger partial charge in [0.25, 0.3) is 0 Å². The fraction of sp³-hybridized carbons (Fsp3) is 1.00. The second-order valence-electron chi connectivity index (χ2n) is 1.72. The predicted octanol–water partition coefficient (Wildman–Crippen LogP) is -3.07. The fourth-order valence-corrected chi connectivity index (χ4v) is 3.78. The molecule has 0 saturated heterocycles.